The molecule has 0 fully saturated rings. The zero-order valence-electron chi connectivity index (χ0n) is 21.3. The van der Waals surface area contributed by atoms with Gasteiger partial charge in [-0.2, -0.15) is 10.5 Å². The lowest BCUT2D eigenvalue weighted by Crippen LogP contribution is -1.96. The molecule has 0 unspecified atom stereocenters. The van der Waals surface area contributed by atoms with E-state index in [2.05, 4.69) is 0 Å². The molecule has 0 atom stereocenters. The van der Waals surface area contributed by atoms with Gasteiger partial charge in [-0.1, -0.05) is 29.3 Å². The Morgan fingerprint density at radius 1 is 0.692 bits per heavy atom. The molecule has 0 aromatic heterocycles. The van der Waals surface area contributed by atoms with Gasteiger partial charge in [-0.25, -0.2) is 4.39 Å². The van der Waals surface area contributed by atoms with E-state index in [-0.39, 0.29) is 5.75 Å². The van der Waals surface area contributed by atoms with Gasteiger partial charge in [0.15, 0.2) is 23.0 Å². The minimum Gasteiger partial charge on any atom is -0.493 e. The number of methoxy groups -OCH3 is 1. The molecule has 198 valence electrons. The number of hydrogen-bond acceptors (Lipinski definition) is 6. The van der Waals surface area contributed by atoms with Gasteiger partial charge in [0.05, 0.1) is 47.0 Å². The highest BCUT2D eigenvalue weighted by Crippen LogP contribution is 2.37. The van der Waals surface area contributed by atoms with Crippen LogP contribution in [0.15, 0.2) is 72.8 Å². The number of nitrogens with zero attached hydrogens (tertiary/aromatic N) is 2. The summed E-state index contributed by atoms with van der Waals surface area (Å²) in [6, 6.07) is 23.2. The fourth-order valence-electron chi connectivity index (χ4n) is 3.24. The van der Waals surface area contributed by atoms with E-state index in [1.807, 2.05) is 44.2 Å². The maximum absolute atomic E-state index is 13.1. The predicted octanol–water partition coefficient (Wildman–Crippen LogP) is 8.86. The third-order valence-electron chi connectivity index (χ3n) is 5.09. The Hall–Kier alpha value is -4.43. The van der Waals surface area contributed by atoms with Crippen LogP contribution in [0.1, 0.15) is 23.6 Å². The molecule has 0 amide bonds. The van der Waals surface area contributed by atoms with Crippen LogP contribution in [-0.4, -0.2) is 13.7 Å². The lowest BCUT2D eigenvalue weighted by Gasteiger charge is -2.13. The second-order valence-corrected chi connectivity index (χ2v) is 8.71. The van der Waals surface area contributed by atoms with Gasteiger partial charge in [0.25, 0.3) is 0 Å². The van der Waals surface area contributed by atoms with Crippen molar-refractivity contribution in [3.8, 4) is 46.6 Å². The first-order valence-electron chi connectivity index (χ1n) is 11.6. The van der Waals surface area contributed by atoms with E-state index in [9.17, 15) is 4.39 Å². The van der Waals surface area contributed by atoms with Crippen molar-refractivity contribution in [1.82, 2.24) is 0 Å². The SMILES string of the molecule is CCOc1cc(C)ccc1Oc1ccc(C#N)cc1Cl.COc1cc(F)ccc1Oc1ccc(C#N)cc1Cl. The third kappa shape index (κ3) is 8.02. The lowest BCUT2D eigenvalue weighted by atomic mass is 10.2. The average molecular weight is 565 g/mol. The number of nitriles is 2. The molecule has 6 nitrogen and oxygen atoms in total. The monoisotopic (exact) mass is 564 g/mol. The molecule has 0 radical (unpaired) electrons. The Labute approximate surface area is 236 Å². The lowest BCUT2D eigenvalue weighted by molar-refractivity contribution is 0.321. The fourth-order valence-corrected chi connectivity index (χ4v) is 3.68. The molecular weight excluding hydrogens is 542 g/mol. The van der Waals surface area contributed by atoms with Crippen LogP contribution in [0.25, 0.3) is 0 Å². The highest BCUT2D eigenvalue weighted by Gasteiger charge is 2.11. The summed E-state index contributed by atoms with van der Waals surface area (Å²) in [6.07, 6.45) is 0. The quantitative estimate of drug-likeness (QED) is 0.223. The summed E-state index contributed by atoms with van der Waals surface area (Å²) in [7, 11) is 1.42. The van der Waals surface area contributed by atoms with Gasteiger partial charge >= 0.3 is 0 Å². The summed E-state index contributed by atoms with van der Waals surface area (Å²) >= 11 is 12.1. The molecule has 0 heterocycles. The summed E-state index contributed by atoms with van der Waals surface area (Å²) in [5.41, 5.74) is 2.02. The van der Waals surface area contributed by atoms with Gasteiger partial charge in [-0.05, 0) is 80.1 Å². The van der Waals surface area contributed by atoms with Crippen molar-refractivity contribution in [2.24, 2.45) is 0 Å². The second kappa shape index (κ2) is 13.9. The Bertz CT molecular complexity index is 1550. The molecule has 4 aromatic carbocycles. The molecule has 9 heteroatoms. The first-order valence-corrected chi connectivity index (χ1v) is 12.4. The molecule has 0 bridgehead atoms. The summed E-state index contributed by atoms with van der Waals surface area (Å²) < 4.78 is 35.0. The number of hydrogen-bond donors (Lipinski definition) is 0. The van der Waals surface area contributed by atoms with Crippen LogP contribution in [0.3, 0.4) is 0 Å². The van der Waals surface area contributed by atoms with Crippen molar-refractivity contribution >= 4 is 23.2 Å². The van der Waals surface area contributed by atoms with Crippen molar-refractivity contribution in [1.29, 1.82) is 10.5 Å². The molecule has 0 N–H and O–H groups in total. The van der Waals surface area contributed by atoms with Gasteiger partial charge in [-0.3, -0.25) is 0 Å². The Balaban J connectivity index is 0.000000216. The predicted molar refractivity (Wildman–Crippen MR) is 148 cm³/mol. The van der Waals surface area contributed by atoms with Crippen LogP contribution in [-0.2, 0) is 0 Å². The summed E-state index contributed by atoms with van der Waals surface area (Å²) in [5, 5.41) is 18.3. The highest BCUT2D eigenvalue weighted by atomic mass is 35.5. The largest absolute Gasteiger partial charge is 0.493 e. The van der Waals surface area contributed by atoms with E-state index >= 15 is 0 Å². The van der Waals surface area contributed by atoms with E-state index in [0.717, 1.165) is 5.56 Å². The maximum atomic E-state index is 13.1. The van der Waals surface area contributed by atoms with Crippen LogP contribution in [0.5, 0.6) is 34.5 Å². The smallest absolute Gasteiger partial charge is 0.169 e. The Morgan fingerprint density at radius 2 is 1.21 bits per heavy atom. The normalized spacial score (nSPS) is 9.85. The Kier molecular flexibility index (Phi) is 10.4. The van der Waals surface area contributed by atoms with Gasteiger partial charge in [-0.15, -0.1) is 0 Å². The van der Waals surface area contributed by atoms with Crippen molar-refractivity contribution < 1.29 is 23.3 Å². The topological polar surface area (TPSA) is 84.5 Å². The second-order valence-electron chi connectivity index (χ2n) is 7.90. The van der Waals surface area contributed by atoms with Crippen molar-refractivity contribution in [2.45, 2.75) is 13.8 Å². The van der Waals surface area contributed by atoms with E-state index in [0.29, 0.717) is 56.5 Å². The van der Waals surface area contributed by atoms with Crippen LogP contribution in [0, 0.1) is 35.4 Å². The molecular formula is C30H23Cl2FN2O4. The molecule has 4 rings (SSSR count). The summed E-state index contributed by atoms with van der Waals surface area (Å²) in [6.45, 7) is 4.46. The first-order chi connectivity index (χ1) is 18.8. The average Bonchev–Trinajstić information content (AvgIpc) is 2.93. The van der Waals surface area contributed by atoms with Gasteiger partial charge in [0, 0.05) is 6.07 Å². The number of benzene rings is 4. The maximum Gasteiger partial charge on any atom is 0.169 e. The zero-order chi connectivity index (χ0) is 28.4. The number of halogens is 3. The van der Waals surface area contributed by atoms with E-state index in [1.165, 1.54) is 31.4 Å². The van der Waals surface area contributed by atoms with E-state index in [1.54, 1.807) is 30.3 Å². The molecule has 0 saturated heterocycles. The van der Waals surface area contributed by atoms with Crippen molar-refractivity contribution in [3.05, 3.63) is 105 Å². The number of rotatable bonds is 7. The highest BCUT2D eigenvalue weighted by molar-refractivity contribution is 6.32. The minimum absolute atomic E-state index is 0.264. The first kappa shape index (κ1) is 29.1. The van der Waals surface area contributed by atoms with Gasteiger partial charge in [0.1, 0.15) is 17.3 Å². The number of aryl methyl sites for hydroxylation is 1. The Morgan fingerprint density at radius 3 is 1.69 bits per heavy atom. The van der Waals surface area contributed by atoms with Crippen LogP contribution >= 0.6 is 23.2 Å². The zero-order valence-corrected chi connectivity index (χ0v) is 22.8. The van der Waals surface area contributed by atoms with Crippen LogP contribution in [0.4, 0.5) is 4.39 Å². The standard InChI is InChI=1S/C16H14ClNO2.C14H9ClFNO2/c1-3-19-16-8-11(2)4-6-15(16)20-14-7-5-12(10-18)9-13(14)17;1-18-14-7-10(16)3-5-13(14)19-12-4-2-9(8-17)6-11(12)15/h4-9H,3H2,1-2H3;2-7H,1H3. The molecule has 4 aromatic rings. The van der Waals surface area contributed by atoms with Gasteiger partial charge in [0.2, 0.25) is 0 Å². The molecule has 0 spiro atoms. The summed E-state index contributed by atoms with van der Waals surface area (Å²) in [5.74, 6) is 2.32. The molecule has 0 aliphatic carbocycles. The van der Waals surface area contributed by atoms with E-state index in [4.69, 9.17) is 52.7 Å². The van der Waals surface area contributed by atoms with E-state index < -0.39 is 5.82 Å². The van der Waals surface area contributed by atoms with Crippen molar-refractivity contribution in [3.63, 3.8) is 0 Å². The number of ether oxygens (including phenoxy) is 4. The molecule has 0 aliphatic rings. The summed E-state index contributed by atoms with van der Waals surface area (Å²) in [4.78, 5) is 0. The van der Waals surface area contributed by atoms with Crippen LogP contribution < -0.4 is 18.9 Å². The van der Waals surface area contributed by atoms with Crippen LogP contribution in [0.2, 0.25) is 10.0 Å². The molecule has 0 saturated carbocycles. The van der Waals surface area contributed by atoms with Crippen molar-refractivity contribution in [2.75, 3.05) is 13.7 Å². The molecule has 0 aliphatic heterocycles. The minimum atomic E-state index is -0.421. The third-order valence-corrected chi connectivity index (χ3v) is 5.68. The van der Waals surface area contributed by atoms with Gasteiger partial charge < -0.3 is 18.9 Å². The molecule has 39 heavy (non-hydrogen) atoms. The fraction of sp³-hybridized carbons (Fsp3) is 0.133.